The zero-order chi connectivity index (χ0) is 18.9. The number of carbonyl (C=O) groups excluding carboxylic acids is 1. The first-order chi connectivity index (χ1) is 12.5. The van der Waals surface area contributed by atoms with Gasteiger partial charge in [0, 0.05) is 0 Å². The highest BCUT2D eigenvalue weighted by Gasteiger charge is 2.12. The number of ether oxygens (including phenoxy) is 2. The zero-order valence-electron chi connectivity index (χ0n) is 16.2. The van der Waals surface area contributed by atoms with E-state index in [0.717, 1.165) is 29.7 Å². The number of amides is 1. The minimum absolute atomic E-state index is 0.0353. The summed E-state index contributed by atoms with van der Waals surface area (Å²) in [4.78, 5) is 12.3. The number of aryl methyl sites for hydroxylation is 1. The minimum Gasteiger partial charge on any atom is -0.491 e. The maximum atomic E-state index is 12.3. The highest BCUT2D eigenvalue weighted by Crippen LogP contribution is 2.28. The van der Waals surface area contributed by atoms with Gasteiger partial charge in [0.2, 0.25) is 0 Å². The number of hydrogen-bond acceptors (Lipinski definition) is 3. The third kappa shape index (κ3) is 5.80. The van der Waals surface area contributed by atoms with Crippen molar-refractivity contribution in [2.24, 2.45) is 0 Å². The molecule has 0 spiro atoms. The van der Waals surface area contributed by atoms with E-state index >= 15 is 0 Å². The number of hydrogen-bond donors (Lipinski definition) is 1. The van der Waals surface area contributed by atoms with E-state index in [4.69, 9.17) is 9.47 Å². The molecule has 140 valence electrons. The van der Waals surface area contributed by atoms with Crippen LogP contribution in [0.1, 0.15) is 50.7 Å². The third-order valence-electron chi connectivity index (χ3n) is 4.07. The van der Waals surface area contributed by atoms with Crippen LogP contribution >= 0.6 is 0 Å². The summed E-state index contributed by atoms with van der Waals surface area (Å²) in [6, 6.07) is 13.6. The van der Waals surface area contributed by atoms with Gasteiger partial charge in [-0.25, -0.2) is 0 Å². The standard InChI is InChI=1S/C22H29NO3/c1-5-6-13-25-20-10-8-7-9-19(20)23-22(24)15-26-21-14-17(4)11-12-18(21)16(2)3/h7-12,14,16H,5-6,13,15H2,1-4H3,(H,23,24). The molecule has 0 aliphatic heterocycles. The number of anilines is 1. The Morgan fingerprint density at radius 3 is 2.58 bits per heavy atom. The Bertz CT molecular complexity index is 725. The third-order valence-corrected chi connectivity index (χ3v) is 4.07. The Morgan fingerprint density at radius 1 is 1.08 bits per heavy atom. The first-order valence-corrected chi connectivity index (χ1v) is 9.26. The second kappa shape index (κ2) is 9.85. The van der Waals surface area contributed by atoms with Gasteiger partial charge in [-0.05, 0) is 48.6 Å². The molecule has 0 saturated heterocycles. The van der Waals surface area contributed by atoms with Crippen molar-refractivity contribution in [1.29, 1.82) is 0 Å². The molecule has 0 radical (unpaired) electrons. The first kappa shape index (κ1) is 19.8. The van der Waals surface area contributed by atoms with Crippen molar-refractivity contribution < 1.29 is 14.3 Å². The topological polar surface area (TPSA) is 47.6 Å². The number of nitrogens with one attached hydrogen (secondary N) is 1. The first-order valence-electron chi connectivity index (χ1n) is 9.26. The summed E-state index contributed by atoms with van der Waals surface area (Å²) in [6.45, 7) is 8.96. The second-order valence-electron chi connectivity index (χ2n) is 6.73. The number of benzene rings is 2. The van der Waals surface area contributed by atoms with Gasteiger partial charge in [-0.1, -0.05) is 51.5 Å². The minimum atomic E-state index is -0.201. The van der Waals surface area contributed by atoms with E-state index in [9.17, 15) is 4.79 Å². The summed E-state index contributed by atoms with van der Waals surface area (Å²) < 4.78 is 11.6. The van der Waals surface area contributed by atoms with E-state index in [0.29, 0.717) is 24.0 Å². The average molecular weight is 355 g/mol. The van der Waals surface area contributed by atoms with Crippen molar-refractivity contribution in [3.8, 4) is 11.5 Å². The van der Waals surface area contributed by atoms with E-state index in [1.54, 1.807) is 0 Å². The lowest BCUT2D eigenvalue weighted by Gasteiger charge is -2.15. The van der Waals surface area contributed by atoms with E-state index < -0.39 is 0 Å². The number of carbonyl (C=O) groups is 1. The molecule has 0 fully saturated rings. The fraction of sp³-hybridized carbons (Fsp3) is 0.409. The fourth-order valence-corrected chi connectivity index (χ4v) is 2.60. The van der Waals surface area contributed by atoms with Crippen molar-refractivity contribution in [2.45, 2.75) is 46.5 Å². The smallest absolute Gasteiger partial charge is 0.262 e. The molecule has 26 heavy (non-hydrogen) atoms. The Labute approximate surface area is 156 Å². The van der Waals surface area contributed by atoms with Crippen molar-refractivity contribution in [3.63, 3.8) is 0 Å². The van der Waals surface area contributed by atoms with Crippen LogP contribution in [0.4, 0.5) is 5.69 Å². The molecule has 0 heterocycles. The molecule has 1 N–H and O–H groups in total. The SMILES string of the molecule is CCCCOc1ccccc1NC(=O)COc1cc(C)ccc1C(C)C. The van der Waals surface area contributed by atoms with Crippen LogP contribution in [0, 0.1) is 6.92 Å². The lowest BCUT2D eigenvalue weighted by molar-refractivity contribution is -0.118. The summed E-state index contributed by atoms with van der Waals surface area (Å²) in [5.41, 5.74) is 2.89. The zero-order valence-corrected chi connectivity index (χ0v) is 16.2. The van der Waals surface area contributed by atoms with Gasteiger partial charge in [0.15, 0.2) is 6.61 Å². The van der Waals surface area contributed by atoms with Crippen LogP contribution < -0.4 is 14.8 Å². The normalized spacial score (nSPS) is 10.7. The van der Waals surface area contributed by atoms with E-state index in [-0.39, 0.29) is 12.5 Å². The van der Waals surface area contributed by atoms with Crippen molar-refractivity contribution in [3.05, 3.63) is 53.6 Å². The molecule has 0 aliphatic carbocycles. The maximum absolute atomic E-state index is 12.3. The monoisotopic (exact) mass is 355 g/mol. The predicted molar refractivity (Wildman–Crippen MR) is 106 cm³/mol. The summed E-state index contributed by atoms with van der Waals surface area (Å²) in [6.07, 6.45) is 2.05. The molecule has 0 aliphatic rings. The Morgan fingerprint density at radius 2 is 1.85 bits per heavy atom. The molecule has 2 aromatic rings. The molecule has 1 amide bonds. The highest BCUT2D eigenvalue weighted by molar-refractivity contribution is 5.93. The van der Waals surface area contributed by atoms with Crippen LogP contribution in [-0.2, 0) is 4.79 Å². The molecular weight excluding hydrogens is 326 g/mol. The molecule has 2 aromatic carbocycles. The fourth-order valence-electron chi connectivity index (χ4n) is 2.60. The molecule has 0 bridgehead atoms. The molecular formula is C22H29NO3. The quantitative estimate of drug-likeness (QED) is 0.620. The van der Waals surface area contributed by atoms with Crippen LogP contribution in [0.25, 0.3) is 0 Å². The van der Waals surface area contributed by atoms with Crippen molar-refractivity contribution >= 4 is 11.6 Å². The van der Waals surface area contributed by atoms with Crippen molar-refractivity contribution in [1.82, 2.24) is 0 Å². The molecule has 0 saturated carbocycles. The van der Waals surface area contributed by atoms with Crippen LogP contribution in [0.15, 0.2) is 42.5 Å². The van der Waals surface area contributed by atoms with Gasteiger partial charge in [-0.2, -0.15) is 0 Å². The van der Waals surface area contributed by atoms with Gasteiger partial charge >= 0.3 is 0 Å². The molecule has 0 aromatic heterocycles. The van der Waals surface area contributed by atoms with Crippen LogP contribution in [0.3, 0.4) is 0 Å². The molecule has 4 heteroatoms. The van der Waals surface area contributed by atoms with Crippen molar-refractivity contribution in [2.75, 3.05) is 18.5 Å². The van der Waals surface area contributed by atoms with Gasteiger partial charge in [-0.3, -0.25) is 4.79 Å². The summed E-state index contributed by atoms with van der Waals surface area (Å²) in [5, 5.41) is 2.88. The van der Waals surface area contributed by atoms with Gasteiger partial charge in [-0.15, -0.1) is 0 Å². The number of rotatable bonds is 9. The van der Waals surface area contributed by atoms with Crippen LogP contribution in [-0.4, -0.2) is 19.1 Å². The predicted octanol–water partition coefficient (Wildman–Crippen LogP) is 5.31. The Hall–Kier alpha value is -2.49. The van der Waals surface area contributed by atoms with Gasteiger partial charge < -0.3 is 14.8 Å². The van der Waals surface area contributed by atoms with Gasteiger partial charge in [0.25, 0.3) is 5.91 Å². The van der Waals surface area contributed by atoms with E-state index in [1.165, 1.54) is 0 Å². The molecule has 4 nitrogen and oxygen atoms in total. The van der Waals surface area contributed by atoms with Crippen LogP contribution in [0.5, 0.6) is 11.5 Å². The summed E-state index contributed by atoms with van der Waals surface area (Å²) in [7, 11) is 0. The number of para-hydroxylation sites is 2. The summed E-state index contributed by atoms with van der Waals surface area (Å²) in [5.74, 6) is 1.59. The van der Waals surface area contributed by atoms with Gasteiger partial charge in [0.05, 0.1) is 12.3 Å². The van der Waals surface area contributed by atoms with Crippen LogP contribution in [0.2, 0.25) is 0 Å². The molecule has 0 unspecified atom stereocenters. The second-order valence-corrected chi connectivity index (χ2v) is 6.73. The lowest BCUT2D eigenvalue weighted by atomic mass is 10.0. The molecule has 2 rings (SSSR count). The van der Waals surface area contributed by atoms with E-state index in [1.807, 2.05) is 37.3 Å². The number of unbranched alkanes of at least 4 members (excludes halogenated alkanes) is 1. The largest absolute Gasteiger partial charge is 0.491 e. The summed E-state index contributed by atoms with van der Waals surface area (Å²) >= 11 is 0. The van der Waals surface area contributed by atoms with E-state index in [2.05, 4.69) is 38.2 Å². The highest BCUT2D eigenvalue weighted by atomic mass is 16.5. The Kier molecular flexibility index (Phi) is 7.52. The lowest BCUT2D eigenvalue weighted by Crippen LogP contribution is -2.21. The van der Waals surface area contributed by atoms with Gasteiger partial charge in [0.1, 0.15) is 11.5 Å². The Balaban J connectivity index is 1.99. The average Bonchev–Trinajstić information content (AvgIpc) is 2.61. The maximum Gasteiger partial charge on any atom is 0.262 e. The molecule has 0 atom stereocenters.